The number of nitrogens with zero attached hydrogens (tertiary/aromatic N) is 1. The van der Waals surface area contributed by atoms with E-state index in [1.807, 2.05) is 61.5 Å². The van der Waals surface area contributed by atoms with E-state index in [1.54, 1.807) is 6.07 Å². The molecule has 0 radical (unpaired) electrons. The van der Waals surface area contributed by atoms with E-state index >= 15 is 4.39 Å². The molecule has 0 atom stereocenters. The summed E-state index contributed by atoms with van der Waals surface area (Å²) in [5.74, 6) is -1.50. The van der Waals surface area contributed by atoms with E-state index in [-0.39, 0.29) is 11.9 Å². The van der Waals surface area contributed by atoms with Gasteiger partial charge in [-0.05, 0) is 47.0 Å². The largest absolute Gasteiger partial charge is 0.454 e. The first-order valence-electron chi connectivity index (χ1n) is 12.1. The first kappa shape index (κ1) is 16.6. The van der Waals surface area contributed by atoms with Crippen molar-refractivity contribution in [1.82, 2.24) is 0 Å². The third-order valence-electron chi connectivity index (χ3n) is 6.14. The maximum absolute atomic E-state index is 15.3. The van der Waals surface area contributed by atoms with E-state index in [0.717, 1.165) is 10.8 Å². The Balaban J connectivity index is 1.72. The van der Waals surface area contributed by atoms with Gasteiger partial charge in [0, 0.05) is 22.9 Å². The Hall–Kier alpha value is -4.05. The molecule has 0 fully saturated rings. The van der Waals surface area contributed by atoms with Crippen molar-refractivity contribution in [3.8, 4) is 22.4 Å². The number of hydrogen-bond donors (Lipinski definition) is 0. The van der Waals surface area contributed by atoms with Crippen molar-refractivity contribution in [2.45, 2.75) is 6.92 Å². The van der Waals surface area contributed by atoms with E-state index in [0.29, 0.717) is 44.2 Å². The SMILES string of the molecule is [2H]c1c(F)c([2H])c(-c2c(C)ccc3c2oc2c(-c4ccc5ccccc5c4)c(F)ccc23)[n+](C)c1[2H]. The predicted octanol–water partition coefficient (Wildman–Crippen LogP) is 7.48. The smallest absolute Gasteiger partial charge is 0.219 e. The average Bonchev–Trinajstić information content (AvgIpc) is 3.25. The zero-order valence-corrected chi connectivity index (χ0v) is 18.0. The molecular formula is C29H20F2NO+. The highest BCUT2D eigenvalue weighted by atomic mass is 19.1. The molecule has 2 nitrogen and oxygen atoms in total. The van der Waals surface area contributed by atoms with Gasteiger partial charge in [0.15, 0.2) is 6.17 Å². The fourth-order valence-corrected chi connectivity index (χ4v) is 4.52. The molecular weight excluding hydrogens is 416 g/mol. The number of halogens is 2. The van der Waals surface area contributed by atoms with Crippen molar-refractivity contribution < 1.29 is 21.9 Å². The van der Waals surface area contributed by atoms with Crippen LogP contribution in [-0.4, -0.2) is 0 Å². The van der Waals surface area contributed by atoms with Crippen molar-refractivity contribution in [1.29, 1.82) is 0 Å². The normalized spacial score (nSPS) is 12.9. The molecule has 0 bridgehead atoms. The molecule has 0 saturated carbocycles. The molecule has 0 aliphatic rings. The summed E-state index contributed by atoms with van der Waals surface area (Å²) in [4.78, 5) is 0. The minimum absolute atomic E-state index is 0.128. The molecule has 0 unspecified atom stereocenters. The fraction of sp³-hybridized carbons (Fsp3) is 0.0690. The molecule has 160 valence electrons. The molecule has 4 aromatic carbocycles. The highest BCUT2D eigenvalue weighted by molar-refractivity contribution is 6.13. The van der Waals surface area contributed by atoms with Crippen molar-refractivity contribution >= 4 is 32.7 Å². The Kier molecular flexibility index (Phi) is 3.63. The second-order valence-electron chi connectivity index (χ2n) is 8.18. The zero-order chi connectivity index (χ0) is 25.3. The summed E-state index contributed by atoms with van der Waals surface area (Å²) in [5, 5.41) is 3.39. The first-order chi connectivity index (χ1) is 17.3. The van der Waals surface area contributed by atoms with Gasteiger partial charge in [-0.1, -0.05) is 48.5 Å². The van der Waals surface area contributed by atoms with Crippen LogP contribution >= 0.6 is 0 Å². The third kappa shape index (κ3) is 3.02. The highest BCUT2D eigenvalue weighted by Crippen LogP contribution is 2.42. The van der Waals surface area contributed by atoms with Gasteiger partial charge in [0.25, 0.3) is 0 Å². The highest BCUT2D eigenvalue weighted by Gasteiger charge is 2.23. The Morgan fingerprint density at radius 1 is 0.848 bits per heavy atom. The Bertz CT molecular complexity index is 1850. The van der Waals surface area contributed by atoms with Crippen molar-refractivity contribution in [2.75, 3.05) is 0 Å². The Labute approximate surface area is 193 Å². The second-order valence-corrected chi connectivity index (χ2v) is 8.18. The second kappa shape index (κ2) is 7.24. The predicted molar refractivity (Wildman–Crippen MR) is 128 cm³/mol. The molecule has 0 aliphatic carbocycles. The zero-order valence-electron chi connectivity index (χ0n) is 21.0. The van der Waals surface area contributed by atoms with Crippen LogP contribution in [0.1, 0.15) is 9.68 Å². The number of hydrogen-bond acceptors (Lipinski definition) is 1. The van der Waals surface area contributed by atoms with Gasteiger partial charge in [-0.3, -0.25) is 0 Å². The van der Waals surface area contributed by atoms with Crippen LogP contribution in [0.5, 0.6) is 0 Å². The molecule has 0 saturated heterocycles. The summed E-state index contributed by atoms with van der Waals surface area (Å²) in [7, 11) is 1.52. The van der Waals surface area contributed by atoms with Crippen LogP contribution < -0.4 is 4.57 Å². The average molecular weight is 439 g/mol. The monoisotopic (exact) mass is 439 g/mol. The molecule has 6 rings (SSSR count). The molecule has 4 heteroatoms. The van der Waals surface area contributed by atoms with Crippen LogP contribution in [-0.2, 0) is 7.05 Å². The van der Waals surface area contributed by atoms with Crippen molar-refractivity contribution in [3.05, 3.63) is 102 Å². The number of fused-ring (bicyclic) bond motifs is 4. The van der Waals surface area contributed by atoms with Gasteiger partial charge in [0.1, 0.15) is 31.2 Å². The van der Waals surface area contributed by atoms with Gasteiger partial charge >= 0.3 is 0 Å². The van der Waals surface area contributed by atoms with E-state index in [1.165, 1.54) is 17.7 Å². The van der Waals surface area contributed by atoms with Crippen LogP contribution in [0, 0.1) is 18.6 Å². The summed E-state index contributed by atoms with van der Waals surface area (Å²) in [6.07, 6.45) is -0.353. The molecule has 0 amide bonds. The Morgan fingerprint density at radius 3 is 2.39 bits per heavy atom. The topological polar surface area (TPSA) is 17.0 Å². The third-order valence-corrected chi connectivity index (χ3v) is 6.14. The first-order valence-corrected chi connectivity index (χ1v) is 10.6. The maximum atomic E-state index is 15.3. The lowest BCUT2D eigenvalue weighted by atomic mass is 9.97. The van der Waals surface area contributed by atoms with Crippen LogP contribution in [0.15, 0.2) is 89.4 Å². The maximum Gasteiger partial charge on any atom is 0.219 e. The molecule has 2 aromatic heterocycles. The quantitative estimate of drug-likeness (QED) is 0.256. The van der Waals surface area contributed by atoms with Gasteiger partial charge in [0.05, 0.1) is 13.9 Å². The van der Waals surface area contributed by atoms with Crippen molar-refractivity contribution in [3.63, 3.8) is 0 Å². The lowest BCUT2D eigenvalue weighted by Gasteiger charge is -2.06. The number of pyridine rings is 1. The van der Waals surface area contributed by atoms with Crippen molar-refractivity contribution in [2.24, 2.45) is 7.05 Å². The van der Waals surface area contributed by atoms with Crippen LogP contribution in [0.25, 0.3) is 55.1 Å². The minimum atomic E-state index is -1.07. The molecule has 6 aromatic rings. The summed E-state index contributed by atoms with van der Waals surface area (Å²) in [6, 6.07) is 19.2. The van der Waals surface area contributed by atoms with E-state index < -0.39 is 23.7 Å². The standard InChI is InChI=1S/C29H20F2NO/c1-17-7-10-22-23-11-12-24(31)27(20-9-8-18-5-3-4-6-19(18)15-20)29(23)33-28(22)26(17)25-16-21(30)13-14-32(25)2/h3-16H,1-2H3/q+1/i13D,14D,16D. The number of aryl methyl sites for hydroxylation is 1. The molecule has 2 heterocycles. The van der Waals surface area contributed by atoms with Gasteiger partial charge in [-0.2, -0.15) is 0 Å². The Morgan fingerprint density at radius 2 is 1.58 bits per heavy atom. The fourth-order valence-electron chi connectivity index (χ4n) is 4.52. The summed E-state index contributed by atoms with van der Waals surface area (Å²) >= 11 is 0. The van der Waals surface area contributed by atoms with E-state index in [9.17, 15) is 4.39 Å². The number of aromatic nitrogens is 1. The van der Waals surface area contributed by atoms with E-state index in [2.05, 4.69) is 0 Å². The number of furan rings is 1. The van der Waals surface area contributed by atoms with Gasteiger partial charge in [-0.15, -0.1) is 0 Å². The summed E-state index contributed by atoms with van der Waals surface area (Å²) in [5.41, 5.74) is 2.98. The van der Waals surface area contributed by atoms with Crippen LogP contribution in [0.3, 0.4) is 0 Å². The molecule has 0 aliphatic heterocycles. The summed E-state index contributed by atoms with van der Waals surface area (Å²) < 4.78 is 62.1. The molecule has 33 heavy (non-hydrogen) atoms. The molecule has 0 N–H and O–H groups in total. The lowest BCUT2D eigenvalue weighted by Crippen LogP contribution is -2.30. The summed E-state index contributed by atoms with van der Waals surface area (Å²) in [6.45, 7) is 1.81. The number of rotatable bonds is 2. The number of benzene rings is 4. The minimum Gasteiger partial charge on any atom is -0.454 e. The van der Waals surface area contributed by atoms with Crippen LogP contribution in [0.2, 0.25) is 0 Å². The van der Waals surface area contributed by atoms with Gasteiger partial charge in [-0.25, -0.2) is 13.3 Å². The lowest BCUT2D eigenvalue weighted by molar-refractivity contribution is -0.660. The van der Waals surface area contributed by atoms with Gasteiger partial charge in [0.2, 0.25) is 5.69 Å². The van der Waals surface area contributed by atoms with Crippen LogP contribution in [0.4, 0.5) is 8.78 Å². The van der Waals surface area contributed by atoms with E-state index in [4.69, 9.17) is 8.53 Å². The molecule has 0 spiro atoms. The van der Waals surface area contributed by atoms with Gasteiger partial charge < -0.3 is 4.42 Å².